The van der Waals surface area contributed by atoms with Gasteiger partial charge in [0.1, 0.15) is 5.82 Å². The fourth-order valence-electron chi connectivity index (χ4n) is 1.35. The zero-order chi connectivity index (χ0) is 12.1. The molecule has 0 saturated carbocycles. The maximum absolute atomic E-state index is 13.0. The molecule has 1 unspecified atom stereocenters. The van der Waals surface area contributed by atoms with Crippen molar-refractivity contribution in [2.45, 2.75) is 19.4 Å². The standard InChI is InChI=1S/C11H14Cl2FNO/c1-3-8(6-16-2)15-11-9(12)4-7(14)5-10(11)13/h4-5,8,15H,3,6H2,1-2H3. The minimum Gasteiger partial charge on any atom is -0.383 e. The van der Waals surface area contributed by atoms with Crippen molar-refractivity contribution in [1.29, 1.82) is 0 Å². The van der Waals surface area contributed by atoms with Crippen molar-refractivity contribution in [2.75, 3.05) is 19.0 Å². The summed E-state index contributed by atoms with van der Waals surface area (Å²) in [5.74, 6) is -0.444. The Morgan fingerprint density at radius 1 is 1.38 bits per heavy atom. The van der Waals surface area contributed by atoms with Crippen molar-refractivity contribution < 1.29 is 9.13 Å². The predicted molar refractivity (Wildman–Crippen MR) is 66.0 cm³/mol. The van der Waals surface area contributed by atoms with Gasteiger partial charge in [0.05, 0.1) is 22.3 Å². The average molecular weight is 266 g/mol. The van der Waals surface area contributed by atoms with Crippen LogP contribution in [0.1, 0.15) is 13.3 Å². The summed E-state index contributed by atoms with van der Waals surface area (Å²) in [6.45, 7) is 2.56. The Morgan fingerprint density at radius 3 is 2.38 bits per heavy atom. The molecule has 0 radical (unpaired) electrons. The molecule has 5 heteroatoms. The molecule has 0 fully saturated rings. The molecule has 0 saturated heterocycles. The number of rotatable bonds is 5. The number of anilines is 1. The van der Waals surface area contributed by atoms with Gasteiger partial charge < -0.3 is 10.1 Å². The lowest BCUT2D eigenvalue weighted by Gasteiger charge is -2.19. The maximum Gasteiger partial charge on any atom is 0.126 e. The zero-order valence-electron chi connectivity index (χ0n) is 9.19. The summed E-state index contributed by atoms with van der Waals surface area (Å²) in [6.07, 6.45) is 0.859. The molecule has 0 aliphatic rings. The van der Waals surface area contributed by atoms with E-state index < -0.39 is 5.82 Å². The van der Waals surface area contributed by atoms with Crippen LogP contribution in [0, 0.1) is 5.82 Å². The van der Waals surface area contributed by atoms with E-state index in [4.69, 9.17) is 27.9 Å². The van der Waals surface area contributed by atoms with Crippen LogP contribution in [0.3, 0.4) is 0 Å². The van der Waals surface area contributed by atoms with E-state index in [9.17, 15) is 4.39 Å². The Morgan fingerprint density at radius 2 is 1.94 bits per heavy atom. The van der Waals surface area contributed by atoms with Gasteiger partial charge >= 0.3 is 0 Å². The van der Waals surface area contributed by atoms with Crippen molar-refractivity contribution in [3.8, 4) is 0 Å². The summed E-state index contributed by atoms with van der Waals surface area (Å²) < 4.78 is 18.0. The molecule has 1 aromatic rings. The molecule has 0 aromatic heterocycles. The first kappa shape index (κ1) is 13.6. The van der Waals surface area contributed by atoms with E-state index in [-0.39, 0.29) is 16.1 Å². The molecule has 2 nitrogen and oxygen atoms in total. The largest absolute Gasteiger partial charge is 0.383 e. The third-order valence-corrected chi connectivity index (χ3v) is 2.81. The Hall–Kier alpha value is -0.510. The number of nitrogens with one attached hydrogen (secondary N) is 1. The number of methoxy groups -OCH3 is 1. The number of halogens is 3. The molecule has 0 aliphatic carbocycles. The SMILES string of the molecule is CCC(COC)Nc1c(Cl)cc(F)cc1Cl. The van der Waals surface area contributed by atoms with E-state index >= 15 is 0 Å². The number of hydrogen-bond donors (Lipinski definition) is 1. The molecule has 1 aromatic carbocycles. The van der Waals surface area contributed by atoms with Crippen LogP contribution in [0.2, 0.25) is 10.0 Å². The Kier molecular flexibility index (Phi) is 5.32. The minimum atomic E-state index is -0.444. The molecule has 1 atom stereocenters. The zero-order valence-corrected chi connectivity index (χ0v) is 10.7. The molecule has 16 heavy (non-hydrogen) atoms. The molecule has 0 heterocycles. The number of ether oxygens (including phenoxy) is 1. The Bertz CT molecular complexity index is 337. The predicted octanol–water partition coefficient (Wildman–Crippen LogP) is 3.97. The van der Waals surface area contributed by atoms with Crippen molar-refractivity contribution in [3.05, 3.63) is 28.0 Å². The van der Waals surface area contributed by atoms with Crippen LogP contribution < -0.4 is 5.32 Å². The van der Waals surface area contributed by atoms with E-state index in [2.05, 4.69) is 5.32 Å². The highest BCUT2D eigenvalue weighted by Gasteiger charge is 2.12. The number of benzene rings is 1. The van der Waals surface area contributed by atoms with Crippen molar-refractivity contribution in [3.63, 3.8) is 0 Å². The van der Waals surface area contributed by atoms with Gasteiger partial charge in [-0.3, -0.25) is 0 Å². The molecular weight excluding hydrogens is 252 g/mol. The van der Waals surface area contributed by atoms with Crippen LogP contribution >= 0.6 is 23.2 Å². The van der Waals surface area contributed by atoms with Crippen LogP contribution in [0.15, 0.2) is 12.1 Å². The van der Waals surface area contributed by atoms with Crippen molar-refractivity contribution in [1.82, 2.24) is 0 Å². The van der Waals surface area contributed by atoms with Gasteiger partial charge in [-0.1, -0.05) is 30.1 Å². The van der Waals surface area contributed by atoms with Gasteiger partial charge in [-0.05, 0) is 18.6 Å². The summed E-state index contributed by atoms with van der Waals surface area (Å²) in [6, 6.07) is 2.57. The first-order chi connectivity index (χ1) is 7.58. The summed E-state index contributed by atoms with van der Waals surface area (Å²) in [4.78, 5) is 0. The summed E-state index contributed by atoms with van der Waals surface area (Å²) in [5.41, 5.74) is 0.550. The van der Waals surface area contributed by atoms with Gasteiger partial charge in [0.25, 0.3) is 0 Å². The third kappa shape index (κ3) is 3.51. The quantitative estimate of drug-likeness (QED) is 0.870. The molecule has 0 bridgehead atoms. The second kappa shape index (κ2) is 6.28. The highest BCUT2D eigenvalue weighted by atomic mass is 35.5. The van der Waals surface area contributed by atoms with E-state index in [1.807, 2.05) is 6.92 Å². The lowest BCUT2D eigenvalue weighted by molar-refractivity contribution is 0.184. The summed E-state index contributed by atoms with van der Waals surface area (Å²) in [7, 11) is 1.62. The monoisotopic (exact) mass is 265 g/mol. The molecule has 0 spiro atoms. The first-order valence-corrected chi connectivity index (χ1v) is 5.74. The van der Waals surface area contributed by atoms with E-state index in [0.29, 0.717) is 12.3 Å². The van der Waals surface area contributed by atoms with Gasteiger partial charge in [0.2, 0.25) is 0 Å². The maximum atomic E-state index is 13.0. The average Bonchev–Trinajstić information content (AvgIpc) is 2.21. The van der Waals surface area contributed by atoms with Crippen molar-refractivity contribution in [2.24, 2.45) is 0 Å². The highest BCUT2D eigenvalue weighted by Crippen LogP contribution is 2.32. The fourth-order valence-corrected chi connectivity index (χ4v) is 1.92. The van der Waals surface area contributed by atoms with Crippen LogP contribution in [-0.2, 0) is 4.74 Å². The molecule has 1 rings (SSSR count). The van der Waals surface area contributed by atoms with Crippen LogP contribution in [0.25, 0.3) is 0 Å². The molecule has 1 N–H and O–H groups in total. The van der Waals surface area contributed by atoms with Crippen molar-refractivity contribution >= 4 is 28.9 Å². The topological polar surface area (TPSA) is 21.3 Å². The van der Waals surface area contributed by atoms with Gasteiger partial charge in [0, 0.05) is 13.2 Å². The molecule has 0 amide bonds. The van der Waals surface area contributed by atoms with E-state index in [1.165, 1.54) is 12.1 Å². The van der Waals surface area contributed by atoms with Crippen LogP contribution in [0.5, 0.6) is 0 Å². The second-order valence-corrected chi connectivity index (χ2v) is 4.26. The highest BCUT2D eigenvalue weighted by molar-refractivity contribution is 6.39. The second-order valence-electron chi connectivity index (χ2n) is 3.45. The Balaban J connectivity index is 2.87. The van der Waals surface area contributed by atoms with Gasteiger partial charge in [0.15, 0.2) is 0 Å². The minimum absolute atomic E-state index is 0.102. The van der Waals surface area contributed by atoms with Crippen LogP contribution in [-0.4, -0.2) is 19.8 Å². The van der Waals surface area contributed by atoms with Crippen LogP contribution in [0.4, 0.5) is 10.1 Å². The lowest BCUT2D eigenvalue weighted by atomic mass is 10.2. The molecular formula is C11H14Cl2FNO. The smallest absolute Gasteiger partial charge is 0.126 e. The third-order valence-electron chi connectivity index (χ3n) is 2.22. The van der Waals surface area contributed by atoms with E-state index in [0.717, 1.165) is 6.42 Å². The van der Waals surface area contributed by atoms with Gasteiger partial charge in [-0.2, -0.15) is 0 Å². The Labute approximate surface area is 105 Å². The first-order valence-electron chi connectivity index (χ1n) is 4.98. The van der Waals surface area contributed by atoms with Gasteiger partial charge in [-0.15, -0.1) is 0 Å². The van der Waals surface area contributed by atoms with E-state index in [1.54, 1.807) is 7.11 Å². The lowest BCUT2D eigenvalue weighted by Crippen LogP contribution is -2.24. The summed E-state index contributed by atoms with van der Waals surface area (Å²) >= 11 is 11.8. The van der Waals surface area contributed by atoms with Gasteiger partial charge in [-0.25, -0.2) is 4.39 Å². The fraction of sp³-hybridized carbons (Fsp3) is 0.455. The molecule has 90 valence electrons. The molecule has 0 aliphatic heterocycles. The normalized spacial score (nSPS) is 12.6. The summed E-state index contributed by atoms with van der Waals surface area (Å²) in [5, 5.41) is 3.69. The number of hydrogen-bond acceptors (Lipinski definition) is 2.